The van der Waals surface area contributed by atoms with Crippen molar-refractivity contribution in [3.8, 4) is 0 Å². The fourth-order valence-corrected chi connectivity index (χ4v) is 0.748. The van der Waals surface area contributed by atoms with E-state index in [1.54, 1.807) is 0 Å². The van der Waals surface area contributed by atoms with Crippen molar-refractivity contribution in [1.82, 2.24) is 0 Å². The molecule has 0 bridgehead atoms. The third-order valence-corrected chi connectivity index (χ3v) is 1.83. The SMILES string of the molecule is CC(C)(C)C1(CN)N=N1. The molecule has 0 aromatic heterocycles. The van der Waals surface area contributed by atoms with E-state index in [1.165, 1.54) is 0 Å². The molecule has 3 nitrogen and oxygen atoms in total. The van der Waals surface area contributed by atoms with Crippen LogP contribution in [0.2, 0.25) is 0 Å². The van der Waals surface area contributed by atoms with Crippen molar-refractivity contribution in [2.24, 2.45) is 21.4 Å². The van der Waals surface area contributed by atoms with E-state index in [1.807, 2.05) is 0 Å². The summed E-state index contributed by atoms with van der Waals surface area (Å²) in [6.07, 6.45) is 0. The highest BCUT2D eigenvalue weighted by Crippen LogP contribution is 2.43. The standard InChI is InChI=1S/C6H13N3/c1-5(2,3)6(4-7)8-9-6/h4,7H2,1-3H3. The first-order chi connectivity index (χ1) is 4.02. The minimum Gasteiger partial charge on any atom is -0.326 e. The molecule has 0 spiro atoms. The average molecular weight is 127 g/mol. The van der Waals surface area contributed by atoms with Gasteiger partial charge in [0.15, 0.2) is 0 Å². The highest BCUT2D eigenvalue weighted by atomic mass is 15.5. The Morgan fingerprint density at radius 1 is 1.33 bits per heavy atom. The molecule has 1 rings (SSSR count). The summed E-state index contributed by atoms with van der Waals surface area (Å²) in [6.45, 7) is 6.83. The molecule has 0 atom stereocenters. The highest BCUT2D eigenvalue weighted by molar-refractivity contribution is 5.03. The molecule has 0 aliphatic carbocycles. The number of hydrogen-bond acceptors (Lipinski definition) is 3. The van der Waals surface area contributed by atoms with E-state index in [4.69, 9.17) is 5.73 Å². The smallest absolute Gasteiger partial charge is 0.207 e. The van der Waals surface area contributed by atoms with Gasteiger partial charge >= 0.3 is 0 Å². The molecule has 1 heterocycles. The molecule has 3 heteroatoms. The van der Waals surface area contributed by atoms with E-state index in [-0.39, 0.29) is 11.1 Å². The first-order valence-corrected chi connectivity index (χ1v) is 3.16. The lowest BCUT2D eigenvalue weighted by Gasteiger charge is -2.23. The van der Waals surface area contributed by atoms with Gasteiger partial charge in [-0.1, -0.05) is 20.8 Å². The molecule has 0 aromatic carbocycles. The molecule has 2 N–H and O–H groups in total. The summed E-state index contributed by atoms with van der Waals surface area (Å²) in [6, 6.07) is 0. The van der Waals surface area contributed by atoms with Gasteiger partial charge in [0.25, 0.3) is 0 Å². The van der Waals surface area contributed by atoms with Gasteiger partial charge in [-0.2, -0.15) is 10.2 Å². The molecular weight excluding hydrogens is 114 g/mol. The lowest BCUT2D eigenvalue weighted by Crippen LogP contribution is -2.37. The van der Waals surface area contributed by atoms with Crippen LogP contribution in [0.25, 0.3) is 0 Å². The Kier molecular flexibility index (Phi) is 1.14. The zero-order chi connectivity index (χ0) is 7.12. The monoisotopic (exact) mass is 127 g/mol. The van der Waals surface area contributed by atoms with Crippen LogP contribution in [-0.2, 0) is 0 Å². The van der Waals surface area contributed by atoms with Crippen LogP contribution >= 0.6 is 0 Å². The van der Waals surface area contributed by atoms with Gasteiger partial charge in [-0.15, -0.1) is 0 Å². The molecule has 0 saturated carbocycles. The summed E-state index contributed by atoms with van der Waals surface area (Å²) in [7, 11) is 0. The van der Waals surface area contributed by atoms with E-state index >= 15 is 0 Å². The topological polar surface area (TPSA) is 50.7 Å². The molecule has 9 heavy (non-hydrogen) atoms. The maximum atomic E-state index is 5.47. The Balaban J connectivity index is 2.61. The van der Waals surface area contributed by atoms with Crippen molar-refractivity contribution in [3.05, 3.63) is 0 Å². The molecule has 1 aliphatic rings. The van der Waals surface area contributed by atoms with E-state index in [0.29, 0.717) is 6.54 Å². The summed E-state index contributed by atoms with van der Waals surface area (Å²) >= 11 is 0. The van der Waals surface area contributed by atoms with Crippen molar-refractivity contribution in [2.45, 2.75) is 26.4 Å². The van der Waals surface area contributed by atoms with Crippen molar-refractivity contribution in [2.75, 3.05) is 6.54 Å². The Morgan fingerprint density at radius 2 is 1.78 bits per heavy atom. The first kappa shape index (κ1) is 6.68. The summed E-state index contributed by atoms with van der Waals surface area (Å²) in [5.41, 5.74) is 5.32. The van der Waals surface area contributed by atoms with Gasteiger partial charge in [0.2, 0.25) is 5.66 Å². The predicted octanol–water partition coefficient (Wildman–Crippen LogP) is 1.15. The van der Waals surface area contributed by atoms with Crippen LogP contribution in [0.3, 0.4) is 0 Å². The number of rotatable bonds is 1. The van der Waals surface area contributed by atoms with E-state index in [9.17, 15) is 0 Å². The summed E-state index contributed by atoms with van der Waals surface area (Å²) in [5.74, 6) is 0. The molecule has 0 radical (unpaired) electrons. The summed E-state index contributed by atoms with van der Waals surface area (Å²) < 4.78 is 0. The summed E-state index contributed by atoms with van der Waals surface area (Å²) in [5, 5.41) is 7.85. The van der Waals surface area contributed by atoms with Crippen LogP contribution in [-0.4, -0.2) is 12.2 Å². The minimum absolute atomic E-state index is 0.0990. The summed E-state index contributed by atoms with van der Waals surface area (Å²) in [4.78, 5) is 0. The molecule has 0 unspecified atom stereocenters. The van der Waals surface area contributed by atoms with Crippen molar-refractivity contribution >= 4 is 0 Å². The van der Waals surface area contributed by atoms with Crippen molar-refractivity contribution < 1.29 is 0 Å². The van der Waals surface area contributed by atoms with E-state index in [0.717, 1.165) is 0 Å². The zero-order valence-corrected chi connectivity index (χ0v) is 6.18. The fourth-order valence-electron chi connectivity index (χ4n) is 0.748. The molecule has 0 amide bonds. The van der Waals surface area contributed by atoms with Gasteiger partial charge in [-0.3, -0.25) is 0 Å². The lowest BCUT2D eigenvalue weighted by atomic mass is 9.84. The molecular formula is C6H13N3. The quantitative estimate of drug-likeness (QED) is 0.564. The second kappa shape index (κ2) is 1.53. The second-order valence-corrected chi connectivity index (χ2v) is 3.47. The van der Waals surface area contributed by atoms with Gasteiger partial charge in [-0.25, -0.2) is 0 Å². The zero-order valence-electron chi connectivity index (χ0n) is 6.18. The van der Waals surface area contributed by atoms with Gasteiger partial charge in [0.1, 0.15) is 0 Å². The van der Waals surface area contributed by atoms with Crippen LogP contribution in [0.5, 0.6) is 0 Å². The first-order valence-electron chi connectivity index (χ1n) is 3.16. The Bertz CT molecular complexity index is 137. The third-order valence-electron chi connectivity index (χ3n) is 1.83. The van der Waals surface area contributed by atoms with Gasteiger partial charge in [0.05, 0.1) is 0 Å². The number of nitrogens with two attached hydrogens (primary N) is 1. The Hall–Kier alpha value is -0.440. The Morgan fingerprint density at radius 3 is 1.78 bits per heavy atom. The Labute approximate surface area is 55.3 Å². The van der Waals surface area contributed by atoms with Gasteiger partial charge < -0.3 is 5.73 Å². The molecule has 0 aromatic rings. The van der Waals surface area contributed by atoms with E-state index < -0.39 is 0 Å². The highest BCUT2D eigenvalue weighted by Gasteiger charge is 2.49. The molecule has 1 aliphatic heterocycles. The average Bonchev–Trinajstić information content (AvgIpc) is 2.40. The van der Waals surface area contributed by atoms with Crippen LogP contribution in [0.1, 0.15) is 20.8 Å². The molecule has 0 fully saturated rings. The molecule has 52 valence electrons. The van der Waals surface area contributed by atoms with Crippen LogP contribution < -0.4 is 5.73 Å². The minimum atomic E-state index is -0.243. The maximum absolute atomic E-state index is 5.47. The van der Waals surface area contributed by atoms with E-state index in [2.05, 4.69) is 31.0 Å². The van der Waals surface area contributed by atoms with Crippen LogP contribution in [0.4, 0.5) is 0 Å². The lowest BCUT2D eigenvalue weighted by molar-refractivity contribution is 0.281. The van der Waals surface area contributed by atoms with Crippen LogP contribution in [0.15, 0.2) is 10.2 Å². The normalized spacial score (nSPS) is 22.2. The fraction of sp³-hybridized carbons (Fsp3) is 1.00. The van der Waals surface area contributed by atoms with Gasteiger partial charge in [0, 0.05) is 12.0 Å². The predicted molar refractivity (Wildman–Crippen MR) is 36.1 cm³/mol. The second-order valence-electron chi connectivity index (χ2n) is 3.47. The van der Waals surface area contributed by atoms with Crippen molar-refractivity contribution in [3.63, 3.8) is 0 Å². The maximum Gasteiger partial charge on any atom is 0.207 e. The number of nitrogens with zero attached hydrogens (tertiary/aromatic N) is 2. The number of hydrogen-bond donors (Lipinski definition) is 1. The third kappa shape index (κ3) is 0.852. The molecule has 0 saturated heterocycles. The van der Waals surface area contributed by atoms with Crippen LogP contribution in [0, 0.1) is 5.41 Å². The largest absolute Gasteiger partial charge is 0.326 e. The van der Waals surface area contributed by atoms with Gasteiger partial charge in [-0.05, 0) is 0 Å². The van der Waals surface area contributed by atoms with Crippen molar-refractivity contribution in [1.29, 1.82) is 0 Å².